The molecule has 0 fully saturated rings. The molecule has 9 heteroatoms. The lowest BCUT2D eigenvalue weighted by Gasteiger charge is -2.14. The van der Waals surface area contributed by atoms with Crippen LogP contribution in [0, 0.1) is 0 Å². The van der Waals surface area contributed by atoms with Gasteiger partial charge in [0.15, 0.2) is 0 Å². The Bertz CT molecular complexity index is 233. The first-order valence-corrected chi connectivity index (χ1v) is 8.10. The Morgan fingerprint density at radius 2 is 1.81 bits per heavy atom. The summed E-state index contributed by atoms with van der Waals surface area (Å²) in [4.78, 5) is 0. The van der Waals surface area contributed by atoms with Crippen molar-refractivity contribution in [3.05, 3.63) is 0 Å². The van der Waals surface area contributed by atoms with Gasteiger partial charge in [-0.2, -0.15) is 0 Å². The summed E-state index contributed by atoms with van der Waals surface area (Å²) < 4.78 is 55.2. The number of phosphoric ester groups is 1. The molecule has 0 aliphatic rings. The van der Waals surface area contributed by atoms with Gasteiger partial charge in [-0.15, -0.1) is 0 Å². The third-order valence-corrected chi connectivity index (χ3v) is 4.70. The fourth-order valence-corrected chi connectivity index (χ4v) is 2.75. The number of rotatable bonds is 9. The number of phosphoric acid groups is 1. The molecule has 0 saturated carbocycles. The molecule has 0 aromatic heterocycles. The summed E-state index contributed by atoms with van der Waals surface area (Å²) in [5, 5.41) is 0. The molecule has 0 bridgehead atoms. The zero-order chi connectivity index (χ0) is 12.7. The average Bonchev–Trinajstić information content (AvgIpc) is 2.24. The lowest BCUT2D eigenvalue weighted by molar-refractivity contribution is 0.150. The minimum absolute atomic E-state index is 0.00524. The lowest BCUT2D eigenvalue weighted by atomic mass is 10.5. The summed E-state index contributed by atoms with van der Waals surface area (Å²) in [5.74, 6) is 0. The van der Waals surface area contributed by atoms with Crippen molar-refractivity contribution in [1.82, 2.24) is 0 Å². The van der Waals surface area contributed by atoms with Crippen molar-refractivity contribution in [2.75, 3.05) is 27.4 Å². The topological polar surface area (TPSA) is 54.0 Å². The van der Waals surface area contributed by atoms with Crippen molar-refractivity contribution in [2.24, 2.45) is 0 Å². The van der Waals surface area contributed by atoms with Crippen LogP contribution in [0.4, 0.5) is 8.22 Å². The fourth-order valence-electron chi connectivity index (χ4n) is 0.918. The van der Waals surface area contributed by atoms with Crippen LogP contribution < -0.4 is 0 Å². The van der Waals surface area contributed by atoms with Crippen LogP contribution in [0.3, 0.4) is 0 Å². The van der Waals surface area contributed by atoms with Gasteiger partial charge in [-0.1, -0.05) is 0 Å². The van der Waals surface area contributed by atoms with Gasteiger partial charge in [0.25, 0.3) is 0 Å². The molecular weight excluding hydrogens is 261 g/mol. The second kappa shape index (κ2) is 7.47. The summed E-state index contributed by atoms with van der Waals surface area (Å²) in [6.07, 6.45) is 0.0515. The van der Waals surface area contributed by atoms with Crippen LogP contribution in [0.2, 0.25) is 6.04 Å². The fraction of sp³-hybridized carbons (Fsp3) is 1.00. The molecule has 98 valence electrons. The maximum Gasteiger partial charge on any atom is 0.577 e. The smallest absolute Gasteiger partial charge is 0.368 e. The van der Waals surface area contributed by atoms with Crippen LogP contribution in [0.15, 0.2) is 0 Å². The van der Waals surface area contributed by atoms with Crippen molar-refractivity contribution in [2.45, 2.75) is 19.4 Å². The normalized spacial score (nSPS) is 13.1. The van der Waals surface area contributed by atoms with Crippen LogP contribution >= 0.6 is 7.82 Å². The first-order valence-electron chi connectivity index (χ1n) is 4.77. The number of hydrogen-bond donors (Lipinski definition) is 0. The highest BCUT2D eigenvalue weighted by molar-refractivity contribution is 7.48. The van der Waals surface area contributed by atoms with E-state index in [1.165, 1.54) is 6.92 Å². The quantitative estimate of drug-likeness (QED) is 0.281. The second-order valence-corrected chi connectivity index (χ2v) is 6.77. The van der Waals surface area contributed by atoms with Crippen LogP contribution in [-0.4, -0.2) is 36.4 Å². The van der Waals surface area contributed by atoms with Gasteiger partial charge in [0, 0.05) is 26.9 Å². The molecule has 0 N–H and O–H groups in total. The van der Waals surface area contributed by atoms with Crippen LogP contribution in [0.1, 0.15) is 13.3 Å². The van der Waals surface area contributed by atoms with Crippen molar-refractivity contribution in [3.63, 3.8) is 0 Å². The molecule has 0 radical (unpaired) electrons. The molecule has 0 aliphatic heterocycles. The average molecular weight is 278 g/mol. The van der Waals surface area contributed by atoms with E-state index in [9.17, 15) is 12.8 Å². The van der Waals surface area contributed by atoms with E-state index in [0.29, 0.717) is 0 Å². The van der Waals surface area contributed by atoms with E-state index in [-0.39, 0.29) is 25.7 Å². The van der Waals surface area contributed by atoms with E-state index in [1.807, 2.05) is 0 Å². The van der Waals surface area contributed by atoms with E-state index in [2.05, 4.69) is 13.5 Å². The van der Waals surface area contributed by atoms with Crippen molar-refractivity contribution < 1.29 is 30.8 Å². The molecule has 0 aliphatic carbocycles. The Kier molecular flexibility index (Phi) is 7.54. The van der Waals surface area contributed by atoms with E-state index in [0.717, 1.165) is 14.2 Å². The Hall–Kier alpha value is 0.147. The van der Waals surface area contributed by atoms with E-state index >= 15 is 0 Å². The highest BCUT2D eigenvalue weighted by atomic mass is 31.2. The Morgan fingerprint density at radius 3 is 2.25 bits per heavy atom. The van der Waals surface area contributed by atoms with Crippen LogP contribution in [-0.2, 0) is 22.6 Å². The summed E-state index contributed by atoms with van der Waals surface area (Å²) >= 11 is 0. The van der Waals surface area contributed by atoms with Crippen LogP contribution in [0.25, 0.3) is 0 Å². The standard InChI is InChI=1S/C7H17F2O5PSi/c1-4-14-16(8,9)7-5-6-13-15(10,11-2)12-3/h4-7H2,1-3H3. The monoisotopic (exact) mass is 278 g/mol. The van der Waals surface area contributed by atoms with Gasteiger partial charge < -0.3 is 4.43 Å². The largest absolute Gasteiger partial charge is 0.577 e. The minimum Gasteiger partial charge on any atom is -0.368 e. The lowest BCUT2D eigenvalue weighted by Crippen LogP contribution is -2.27. The van der Waals surface area contributed by atoms with Gasteiger partial charge in [-0.25, -0.2) is 12.8 Å². The molecule has 16 heavy (non-hydrogen) atoms. The molecule has 0 amide bonds. The summed E-state index contributed by atoms with van der Waals surface area (Å²) in [6, 6.07) is -0.367. The molecule has 0 aromatic rings. The molecule has 0 rings (SSSR count). The maximum absolute atomic E-state index is 12.9. The maximum atomic E-state index is 12.9. The first-order chi connectivity index (χ1) is 7.39. The Morgan fingerprint density at radius 1 is 1.25 bits per heavy atom. The predicted octanol–water partition coefficient (Wildman–Crippen LogP) is 2.71. The molecular formula is C7H17F2O5PSi. The minimum atomic E-state index is -4.57. The van der Waals surface area contributed by atoms with Gasteiger partial charge in [-0.05, 0) is 13.3 Å². The molecule has 0 aromatic carbocycles. The summed E-state index contributed by atoms with van der Waals surface area (Å²) in [7, 11) is -5.80. The predicted molar refractivity (Wildman–Crippen MR) is 56.6 cm³/mol. The molecule has 0 atom stereocenters. The molecule has 5 nitrogen and oxygen atoms in total. The molecule has 0 spiro atoms. The van der Waals surface area contributed by atoms with E-state index < -0.39 is 16.8 Å². The van der Waals surface area contributed by atoms with Crippen molar-refractivity contribution >= 4 is 16.8 Å². The summed E-state index contributed by atoms with van der Waals surface area (Å²) in [5.41, 5.74) is 0. The van der Waals surface area contributed by atoms with Gasteiger partial charge in [0.05, 0.1) is 6.61 Å². The second-order valence-electron chi connectivity index (χ2n) is 2.82. The third kappa shape index (κ3) is 6.67. The Labute approximate surface area is 95.1 Å². The number of hydrogen-bond acceptors (Lipinski definition) is 5. The van der Waals surface area contributed by atoms with Gasteiger partial charge >= 0.3 is 16.8 Å². The zero-order valence-corrected chi connectivity index (χ0v) is 11.5. The summed E-state index contributed by atoms with van der Waals surface area (Å²) in [6.45, 7) is 1.39. The number of halogens is 2. The molecule has 0 unspecified atom stereocenters. The van der Waals surface area contributed by atoms with Crippen molar-refractivity contribution in [3.8, 4) is 0 Å². The highest BCUT2D eigenvalue weighted by Gasteiger charge is 2.37. The van der Waals surface area contributed by atoms with E-state index in [1.54, 1.807) is 0 Å². The SMILES string of the molecule is CCO[Si](F)(F)CCCOP(=O)(OC)OC. The highest BCUT2D eigenvalue weighted by Crippen LogP contribution is 2.47. The molecule has 0 heterocycles. The van der Waals surface area contributed by atoms with Crippen LogP contribution in [0.5, 0.6) is 0 Å². The van der Waals surface area contributed by atoms with Crippen molar-refractivity contribution in [1.29, 1.82) is 0 Å². The van der Waals surface area contributed by atoms with Gasteiger partial charge in [0.2, 0.25) is 0 Å². The van der Waals surface area contributed by atoms with Gasteiger partial charge in [-0.3, -0.25) is 13.6 Å². The molecule has 0 saturated heterocycles. The van der Waals surface area contributed by atoms with E-state index in [4.69, 9.17) is 4.52 Å². The Balaban J connectivity index is 3.79. The zero-order valence-electron chi connectivity index (χ0n) is 9.57. The first kappa shape index (κ1) is 16.1. The van der Waals surface area contributed by atoms with Gasteiger partial charge in [0.1, 0.15) is 0 Å². The third-order valence-electron chi connectivity index (χ3n) is 1.66.